The van der Waals surface area contributed by atoms with E-state index in [-0.39, 0.29) is 6.15 Å². The molecule has 0 heterocycles. The Balaban J connectivity index is 0. The van der Waals surface area contributed by atoms with Crippen molar-refractivity contribution in [2.24, 2.45) is 0 Å². The van der Waals surface area contributed by atoms with E-state index in [1.807, 2.05) is 18.2 Å². The fourth-order valence-corrected chi connectivity index (χ4v) is 1.82. The van der Waals surface area contributed by atoms with Crippen LogP contribution in [0.1, 0.15) is 51.0 Å². The number of aromatic hydroxyl groups is 1. The molecule has 0 radical (unpaired) electrons. The maximum absolute atomic E-state index is 9.55. The molecule has 0 saturated carbocycles. The van der Waals surface area contributed by atoms with Crippen LogP contribution >= 0.6 is 0 Å². The number of unbranched alkanes of at least 4 members (excludes halogenated alkanes) is 5. The summed E-state index contributed by atoms with van der Waals surface area (Å²) in [5, 5.41) is 9.55. The predicted octanol–water partition coefficient (Wildman–Crippen LogP) is 3.80. The van der Waals surface area contributed by atoms with E-state index in [1.54, 1.807) is 6.07 Å². The molecular formula is C14H27NO5S. The Hall–Kier alpha value is -1.15. The Bertz CT molecular complexity index is 454. The maximum Gasteiger partial charge on any atom is 0.394 e. The Morgan fingerprint density at radius 1 is 0.952 bits per heavy atom. The lowest BCUT2D eigenvalue weighted by atomic mass is 10.0. The molecule has 6 nitrogen and oxygen atoms in total. The number of aryl methyl sites for hydroxylation is 1. The first-order valence-corrected chi connectivity index (χ1v) is 8.21. The molecule has 124 valence electrons. The summed E-state index contributed by atoms with van der Waals surface area (Å²) in [5.41, 5.74) is 1.09. The Kier molecular flexibility index (Phi) is 13.3. The molecule has 1 aromatic carbocycles. The van der Waals surface area contributed by atoms with Crippen LogP contribution in [0.25, 0.3) is 0 Å². The summed E-state index contributed by atoms with van der Waals surface area (Å²) in [4.78, 5) is 0. The van der Waals surface area contributed by atoms with Crippen LogP contribution in [0, 0.1) is 0 Å². The summed E-state index contributed by atoms with van der Waals surface area (Å²) >= 11 is 0. The van der Waals surface area contributed by atoms with Crippen LogP contribution in [0.4, 0.5) is 0 Å². The topological polar surface area (TPSA) is 130 Å². The highest BCUT2D eigenvalue weighted by molar-refractivity contribution is 7.79. The van der Waals surface area contributed by atoms with Gasteiger partial charge in [0.25, 0.3) is 0 Å². The van der Waals surface area contributed by atoms with E-state index in [0.29, 0.717) is 5.75 Å². The van der Waals surface area contributed by atoms with E-state index in [0.717, 1.165) is 12.0 Å². The first-order valence-electron chi connectivity index (χ1n) is 6.81. The van der Waals surface area contributed by atoms with Gasteiger partial charge in [-0.1, -0.05) is 57.2 Å². The van der Waals surface area contributed by atoms with Crippen LogP contribution in [-0.2, 0) is 16.8 Å². The van der Waals surface area contributed by atoms with Crippen molar-refractivity contribution in [3.05, 3.63) is 29.8 Å². The van der Waals surface area contributed by atoms with Gasteiger partial charge >= 0.3 is 10.4 Å². The van der Waals surface area contributed by atoms with Gasteiger partial charge < -0.3 is 11.3 Å². The summed E-state index contributed by atoms with van der Waals surface area (Å²) in [5.74, 6) is 0.450. The maximum atomic E-state index is 9.55. The van der Waals surface area contributed by atoms with Crippen LogP contribution in [0.15, 0.2) is 24.3 Å². The zero-order valence-corrected chi connectivity index (χ0v) is 13.3. The molecule has 0 aliphatic heterocycles. The first kappa shape index (κ1) is 22.1. The third-order valence-corrected chi connectivity index (χ3v) is 2.79. The number of hydrogen-bond donors (Lipinski definition) is 4. The molecular weight excluding hydrogens is 294 g/mol. The Labute approximate surface area is 127 Å². The summed E-state index contributed by atoms with van der Waals surface area (Å²) in [6.45, 7) is 2.24. The zero-order chi connectivity index (χ0) is 15.4. The van der Waals surface area contributed by atoms with Gasteiger partial charge in [0.1, 0.15) is 5.75 Å². The number of benzene rings is 1. The average molecular weight is 321 g/mol. The summed E-state index contributed by atoms with van der Waals surface area (Å²) < 4.78 is 31.6. The van der Waals surface area contributed by atoms with Crippen LogP contribution in [0.3, 0.4) is 0 Å². The number of phenols is 1. The molecule has 21 heavy (non-hydrogen) atoms. The van der Waals surface area contributed by atoms with Crippen molar-refractivity contribution in [3.63, 3.8) is 0 Å². The average Bonchev–Trinajstić information content (AvgIpc) is 2.33. The van der Waals surface area contributed by atoms with Gasteiger partial charge in [-0.3, -0.25) is 9.11 Å². The number of hydrogen-bond acceptors (Lipinski definition) is 4. The number of rotatable bonds is 7. The molecule has 0 amide bonds. The van der Waals surface area contributed by atoms with Gasteiger partial charge in [-0.05, 0) is 24.5 Å². The summed E-state index contributed by atoms with van der Waals surface area (Å²) in [6.07, 6.45) is 8.85. The predicted molar refractivity (Wildman–Crippen MR) is 84.4 cm³/mol. The molecule has 1 rings (SSSR count). The monoisotopic (exact) mass is 321 g/mol. The molecule has 7 heteroatoms. The SMILES string of the molecule is CCCCCCCCc1ccccc1O.N.O=S(=O)(O)O. The van der Waals surface area contributed by atoms with Gasteiger partial charge in [-0.25, -0.2) is 0 Å². The van der Waals surface area contributed by atoms with E-state index in [2.05, 4.69) is 6.92 Å². The molecule has 0 unspecified atom stereocenters. The summed E-state index contributed by atoms with van der Waals surface area (Å²) in [6, 6.07) is 7.65. The molecule has 0 fully saturated rings. The van der Waals surface area contributed by atoms with E-state index in [9.17, 15) is 5.11 Å². The van der Waals surface area contributed by atoms with Crippen LogP contribution < -0.4 is 6.15 Å². The third-order valence-electron chi connectivity index (χ3n) is 2.79. The highest BCUT2D eigenvalue weighted by atomic mass is 32.3. The molecule has 1 aromatic rings. The molecule has 0 aliphatic rings. The van der Waals surface area contributed by atoms with Gasteiger partial charge in [0.15, 0.2) is 0 Å². The minimum Gasteiger partial charge on any atom is -0.508 e. The van der Waals surface area contributed by atoms with E-state index < -0.39 is 10.4 Å². The molecule has 0 aliphatic carbocycles. The first-order chi connectivity index (χ1) is 9.34. The summed E-state index contributed by atoms with van der Waals surface area (Å²) in [7, 11) is -4.67. The van der Waals surface area contributed by atoms with E-state index >= 15 is 0 Å². The van der Waals surface area contributed by atoms with Crippen LogP contribution in [-0.4, -0.2) is 22.6 Å². The molecule has 6 N–H and O–H groups in total. The highest BCUT2D eigenvalue weighted by Crippen LogP contribution is 2.18. The van der Waals surface area contributed by atoms with Crippen molar-refractivity contribution in [1.29, 1.82) is 0 Å². The molecule has 0 saturated heterocycles. The fraction of sp³-hybridized carbons (Fsp3) is 0.571. The second-order valence-corrected chi connectivity index (χ2v) is 5.49. The standard InChI is InChI=1S/C14H22O.H3N.H2O4S/c1-2-3-4-5-6-7-10-13-11-8-9-12-14(13)15;;1-5(2,3)4/h8-9,11-12,15H,2-7,10H2,1H3;1H3;(H2,1,2,3,4). The van der Waals surface area contributed by atoms with Gasteiger partial charge in [-0.15, -0.1) is 0 Å². The second kappa shape index (κ2) is 12.6. The lowest BCUT2D eigenvalue weighted by Crippen LogP contribution is -1.89. The minimum atomic E-state index is -4.67. The van der Waals surface area contributed by atoms with E-state index in [4.69, 9.17) is 17.5 Å². The number of phenolic OH excluding ortho intramolecular Hbond substituents is 1. The van der Waals surface area contributed by atoms with Crippen molar-refractivity contribution in [2.75, 3.05) is 0 Å². The van der Waals surface area contributed by atoms with Crippen molar-refractivity contribution < 1.29 is 22.6 Å². The van der Waals surface area contributed by atoms with Crippen molar-refractivity contribution >= 4 is 10.4 Å². The Morgan fingerprint density at radius 2 is 1.43 bits per heavy atom. The fourth-order valence-electron chi connectivity index (χ4n) is 1.82. The van der Waals surface area contributed by atoms with Gasteiger partial charge in [0, 0.05) is 0 Å². The van der Waals surface area contributed by atoms with Gasteiger partial charge in [0.2, 0.25) is 0 Å². The Morgan fingerprint density at radius 3 is 1.95 bits per heavy atom. The smallest absolute Gasteiger partial charge is 0.394 e. The molecule has 0 atom stereocenters. The van der Waals surface area contributed by atoms with Crippen LogP contribution in [0.5, 0.6) is 5.75 Å². The minimum absolute atomic E-state index is 0. The van der Waals surface area contributed by atoms with Crippen molar-refractivity contribution in [3.8, 4) is 5.75 Å². The lowest BCUT2D eigenvalue weighted by Gasteiger charge is -2.03. The molecule has 0 spiro atoms. The third kappa shape index (κ3) is 16.8. The normalized spacial score (nSPS) is 10.2. The van der Waals surface area contributed by atoms with Gasteiger partial charge in [0.05, 0.1) is 0 Å². The van der Waals surface area contributed by atoms with E-state index in [1.165, 1.54) is 38.5 Å². The zero-order valence-electron chi connectivity index (χ0n) is 12.5. The van der Waals surface area contributed by atoms with Crippen LogP contribution in [0.2, 0.25) is 0 Å². The highest BCUT2D eigenvalue weighted by Gasteiger charge is 1.98. The molecule has 0 bridgehead atoms. The van der Waals surface area contributed by atoms with Crippen molar-refractivity contribution in [1.82, 2.24) is 6.15 Å². The van der Waals surface area contributed by atoms with Gasteiger partial charge in [-0.2, -0.15) is 8.42 Å². The second-order valence-electron chi connectivity index (χ2n) is 4.59. The van der Waals surface area contributed by atoms with Crippen molar-refractivity contribution in [2.45, 2.75) is 51.9 Å². The quantitative estimate of drug-likeness (QED) is 0.446. The lowest BCUT2D eigenvalue weighted by molar-refractivity contribution is 0.381. The molecule has 0 aromatic heterocycles. The largest absolute Gasteiger partial charge is 0.508 e. The number of para-hydroxylation sites is 1.